The van der Waals surface area contributed by atoms with E-state index in [1.807, 2.05) is 19.9 Å². The third-order valence-electron chi connectivity index (χ3n) is 9.21. The molecule has 0 spiro atoms. The summed E-state index contributed by atoms with van der Waals surface area (Å²) in [4.78, 5) is 10.5. The molecule has 0 saturated heterocycles. The molecule has 3 N–H and O–H groups in total. The summed E-state index contributed by atoms with van der Waals surface area (Å²) < 4.78 is 0. The molecular weight excluding hydrogens is 420 g/mol. The van der Waals surface area contributed by atoms with Gasteiger partial charge in [0.1, 0.15) is 30.2 Å². The van der Waals surface area contributed by atoms with E-state index in [1.165, 1.54) is 5.57 Å². The van der Waals surface area contributed by atoms with Crippen molar-refractivity contribution in [3.05, 3.63) is 23.8 Å². The van der Waals surface area contributed by atoms with Gasteiger partial charge in [0.25, 0.3) is 0 Å². The summed E-state index contributed by atoms with van der Waals surface area (Å²) in [5, 5.41) is 41.9. The van der Waals surface area contributed by atoms with E-state index in [0.29, 0.717) is 32.0 Å². The SMILES string of the molecule is CCO/N=C1/C=C[C@@]2(C)C(=C1)[C@@H](C)C[C@@H]1[C@@H]2[C@@H](O)C[C@@]2(C)[C@H]1CC[C@]2(O)/C(CO)=N\OCC. The van der Waals surface area contributed by atoms with Gasteiger partial charge in [-0.15, -0.1) is 0 Å². The Hall–Kier alpha value is -1.70. The second-order valence-corrected chi connectivity index (χ2v) is 10.8. The van der Waals surface area contributed by atoms with Crippen LogP contribution < -0.4 is 0 Å². The lowest BCUT2D eigenvalue weighted by atomic mass is 9.44. The highest BCUT2D eigenvalue weighted by molar-refractivity contribution is 6.05. The summed E-state index contributed by atoms with van der Waals surface area (Å²) in [6, 6.07) is 0. The zero-order valence-electron chi connectivity index (χ0n) is 20.6. The van der Waals surface area contributed by atoms with Crippen molar-refractivity contribution in [2.24, 2.45) is 44.8 Å². The summed E-state index contributed by atoms with van der Waals surface area (Å²) in [5.74, 6) is 0.867. The molecule has 7 heteroatoms. The number of aliphatic hydroxyl groups excluding tert-OH is 2. The Bertz CT molecular complexity index is 882. The predicted molar refractivity (Wildman–Crippen MR) is 128 cm³/mol. The number of oxime groups is 2. The zero-order valence-corrected chi connectivity index (χ0v) is 20.6. The summed E-state index contributed by atoms with van der Waals surface area (Å²) in [6.45, 7) is 10.9. The van der Waals surface area contributed by atoms with Crippen LogP contribution in [0.2, 0.25) is 0 Å². The van der Waals surface area contributed by atoms with Crippen LogP contribution in [-0.2, 0) is 9.68 Å². The molecule has 33 heavy (non-hydrogen) atoms. The molecule has 0 aromatic heterocycles. The van der Waals surface area contributed by atoms with E-state index >= 15 is 0 Å². The topological polar surface area (TPSA) is 104 Å². The molecule has 0 unspecified atom stereocenters. The fourth-order valence-corrected chi connectivity index (χ4v) is 7.81. The lowest BCUT2D eigenvalue weighted by Crippen LogP contribution is -2.62. The van der Waals surface area contributed by atoms with Gasteiger partial charge >= 0.3 is 0 Å². The van der Waals surface area contributed by atoms with E-state index in [-0.39, 0.29) is 35.5 Å². The van der Waals surface area contributed by atoms with Gasteiger partial charge < -0.3 is 25.0 Å². The van der Waals surface area contributed by atoms with Gasteiger partial charge in [-0.1, -0.05) is 42.7 Å². The van der Waals surface area contributed by atoms with E-state index in [2.05, 4.69) is 43.2 Å². The Morgan fingerprint density at radius 1 is 1.21 bits per heavy atom. The molecule has 0 radical (unpaired) electrons. The first-order valence-corrected chi connectivity index (χ1v) is 12.5. The van der Waals surface area contributed by atoms with Gasteiger partial charge in [-0.05, 0) is 69.4 Å². The largest absolute Gasteiger partial charge is 0.396 e. The number of hydrogen-bond donors (Lipinski definition) is 3. The molecule has 0 aliphatic heterocycles. The van der Waals surface area contributed by atoms with E-state index in [0.717, 1.165) is 18.6 Å². The maximum atomic E-state index is 11.9. The van der Waals surface area contributed by atoms with Crippen LogP contribution in [0.25, 0.3) is 0 Å². The van der Waals surface area contributed by atoms with Crippen molar-refractivity contribution in [3.8, 4) is 0 Å². The molecule has 4 rings (SSSR count). The van der Waals surface area contributed by atoms with Crippen LogP contribution in [0.15, 0.2) is 34.1 Å². The minimum Gasteiger partial charge on any atom is -0.396 e. The Morgan fingerprint density at radius 2 is 1.94 bits per heavy atom. The number of rotatable bonds is 6. The maximum Gasteiger partial charge on any atom is 0.115 e. The lowest BCUT2D eigenvalue weighted by Gasteiger charge is -2.61. The predicted octanol–water partition coefficient (Wildman–Crippen LogP) is 3.45. The molecule has 0 amide bonds. The lowest BCUT2D eigenvalue weighted by molar-refractivity contribution is -0.148. The number of hydrogen-bond acceptors (Lipinski definition) is 7. The summed E-state index contributed by atoms with van der Waals surface area (Å²) in [7, 11) is 0. The molecule has 0 aromatic carbocycles. The smallest absolute Gasteiger partial charge is 0.115 e. The quantitative estimate of drug-likeness (QED) is 0.416. The molecule has 184 valence electrons. The van der Waals surface area contributed by atoms with E-state index in [1.54, 1.807) is 0 Å². The Labute approximate surface area is 197 Å². The highest BCUT2D eigenvalue weighted by Crippen LogP contribution is 2.67. The van der Waals surface area contributed by atoms with Crippen molar-refractivity contribution < 1.29 is 25.0 Å². The average molecular weight is 461 g/mol. The number of fused-ring (bicyclic) bond motifs is 5. The standard InChI is InChI=1S/C26H40N2O5/c1-6-32-27-17-8-10-24(4)20(13-17)16(3)12-18-19-9-11-26(31,22(15-29)28-33-7-2)25(19,5)14-21(30)23(18)24/h8,10,13,16,18-19,21,23,29-31H,6-7,9,11-12,14-15H2,1-5H3/b27-17-,28-22-/t16-,18-,19-,21-,23+,24-,25-,26-/m0/s1. The second kappa shape index (κ2) is 8.82. The van der Waals surface area contributed by atoms with Gasteiger partial charge in [0.2, 0.25) is 0 Å². The first-order chi connectivity index (χ1) is 15.7. The van der Waals surface area contributed by atoms with Gasteiger partial charge in [-0.25, -0.2) is 0 Å². The van der Waals surface area contributed by atoms with Crippen molar-refractivity contribution in [3.63, 3.8) is 0 Å². The molecule has 3 saturated carbocycles. The number of nitrogens with zero attached hydrogens (tertiary/aromatic N) is 2. The van der Waals surface area contributed by atoms with Gasteiger partial charge in [0, 0.05) is 16.7 Å². The molecule has 4 aliphatic carbocycles. The van der Waals surface area contributed by atoms with E-state index < -0.39 is 17.1 Å². The zero-order chi connectivity index (χ0) is 24.0. The minimum atomic E-state index is -1.28. The van der Waals surface area contributed by atoms with Crippen LogP contribution in [0.3, 0.4) is 0 Å². The van der Waals surface area contributed by atoms with Crippen LogP contribution in [0.5, 0.6) is 0 Å². The molecule has 8 atom stereocenters. The van der Waals surface area contributed by atoms with Crippen molar-refractivity contribution in [1.29, 1.82) is 0 Å². The fourth-order valence-electron chi connectivity index (χ4n) is 7.81. The van der Waals surface area contributed by atoms with Crippen molar-refractivity contribution in [1.82, 2.24) is 0 Å². The fraction of sp³-hybridized carbons (Fsp3) is 0.769. The Balaban J connectivity index is 1.71. The molecule has 0 aromatic rings. The van der Waals surface area contributed by atoms with Gasteiger partial charge in [0.15, 0.2) is 0 Å². The van der Waals surface area contributed by atoms with Crippen LogP contribution in [0.1, 0.15) is 60.3 Å². The van der Waals surface area contributed by atoms with Crippen molar-refractivity contribution in [2.45, 2.75) is 72.0 Å². The molecule has 4 aliphatic rings. The third kappa shape index (κ3) is 3.58. The minimum absolute atomic E-state index is 0.0617. The first kappa shape index (κ1) is 24.4. The highest BCUT2D eigenvalue weighted by atomic mass is 16.6. The van der Waals surface area contributed by atoms with Gasteiger partial charge in [-0.3, -0.25) is 0 Å². The number of allylic oxidation sites excluding steroid dienone is 4. The molecule has 0 bridgehead atoms. The molecule has 3 fully saturated rings. The molecule has 0 heterocycles. The Kier molecular flexibility index (Phi) is 6.53. The van der Waals surface area contributed by atoms with E-state index in [9.17, 15) is 15.3 Å². The third-order valence-corrected chi connectivity index (χ3v) is 9.21. The second-order valence-electron chi connectivity index (χ2n) is 10.8. The molecule has 7 nitrogen and oxygen atoms in total. The normalized spacial score (nSPS) is 45.8. The summed E-state index contributed by atoms with van der Waals surface area (Å²) in [5.41, 5.74) is 0.268. The van der Waals surface area contributed by atoms with Crippen LogP contribution in [-0.4, -0.2) is 58.3 Å². The van der Waals surface area contributed by atoms with Gasteiger partial charge in [0.05, 0.1) is 12.7 Å². The van der Waals surface area contributed by atoms with Crippen LogP contribution >= 0.6 is 0 Å². The van der Waals surface area contributed by atoms with Crippen LogP contribution in [0.4, 0.5) is 0 Å². The Morgan fingerprint density at radius 3 is 2.61 bits per heavy atom. The van der Waals surface area contributed by atoms with Crippen LogP contribution in [0, 0.1) is 34.5 Å². The maximum absolute atomic E-state index is 11.9. The highest BCUT2D eigenvalue weighted by Gasteiger charge is 2.68. The number of aliphatic hydroxyl groups is 3. The molecular formula is C26H40N2O5. The average Bonchev–Trinajstić information content (AvgIpc) is 3.04. The first-order valence-electron chi connectivity index (χ1n) is 12.5. The monoisotopic (exact) mass is 460 g/mol. The van der Waals surface area contributed by atoms with Gasteiger partial charge in [-0.2, -0.15) is 0 Å². The van der Waals surface area contributed by atoms with Crippen molar-refractivity contribution >= 4 is 11.4 Å². The summed E-state index contributed by atoms with van der Waals surface area (Å²) >= 11 is 0. The van der Waals surface area contributed by atoms with Crippen molar-refractivity contribution in [2.75, 3.05) is 19.8 Å². The van der Waals surface area contributed by atoms with E-state index in [4.69, 9.17) is 9.68 Å². The summed E-state index contributed by atoms with van der Waals surface area (Å²) in [6.07, 6.45) is 8.55.